The second-order valence-corrected chi connectivity index (χ2v) is 11.6. The first-order valence-electron chi connectivity index (χ1n) is 15.5. The molecular formula is C35H48O4S. The van der Waals surface area contributed by atoms with E-state index in [1.54, 1.807) is 12.1 Å². The first kappa shape index (κ1) is 31.7. The summed E-state index contributed by atoms with van der Waals surface area (Å²) in [5, 5.41) is 0. The van der Waals surface area contributed by atoms with Gasteiger partial charge in [0.05, 0.1) is 13.2 Å². The van der Waals surface area contributed by atoms with E-state index < -0.39 is 0 Å². The summed E-state index contributed by atoms with van der Waals surface area (Å²) in [6, 6.07) is 19.2. The van der Waals surface area contributed by atoms with Crippen molar-refractivity contribution in [3.05, 3.63) is 65.5 Å². The maximum absolute atomic E-state index is 12.7. The molecule has 4 nitrogen and oxygen atoms in total. The molecule has 0 aliphatic heterocycles. The molecule has 1 aromatic heterocycles. The van der Waals surface area contributed by atoms with Gasteiger partial charge >= 0.3 is 5.97 Å². The van der Waals surface area contributed by atoms with E-state index in [9.17, 15) is 4.79 Å². The number of carbonyl (C=O) groups excluding carboxylic acids is 1. The maximum Gasteiger partial charge on any atom is 0.353 e. The summed E-state index contributed by atoms with van der Waals surface area (Å²) in [6.07, 6.45) is 17.9. The third-order valence-corrected chi connectivity index (χ3v) is 8.13. The van der Waals surface area contributed by atoms with Crippen LogP contribution in [0.25, 0.3) is 10.4 Å². The fourth-order valence-electron chi connectivity index (χ4n) is 4.58. The quantitative estimate of drug-likeness (QED) is 0.0733. The van der Waals surface area contributed by atoms with Crippen molar-refractivity contribution < 1.29 is 19.0 Å². The van der Waals surface area contributed by atoms with Gasteiger partial charge < -0.3 is 14.2 Å². The molecule has 0 fully saturated rings. The first-order chi connectivity index (χ1) is 19.7. The van der Waals surface area contributed by atoms with Crippen LogP contribution in [0.4, 0.5) is 0 Å². The molecule has 2 aromatic carbocycles. The number of carbonyl (C=O) groups is 1. The fraction of sp³-hybridized carbons (Fsp3) is 0.514. The highest BCUT2D eigenvalue weighted by atomic mass is 32.1. The molecule has 0 bridgehead atoms. The second kappa shape index (κ2) is 19.3. The number of unbranched alkanes of at least 4 members (excludes halogenated alkanes) is 12. The van der Waals surface area contributed by atoms with Crippen LogP contribution in [0, 0.1) is 0 Å². The van der Waals surface area contributed by atoms with Crippen LogP contribution in [-0.4, -0.2) is 19.2 Å². The molecule has 5 heteroatoms. The number of esters is 1. The largest absolute Gasteiger partial charge is 0.494 e. The molecule has 0 N–H and O–H groups in total. The van der Waals surface area contributed by atoms with Crippen LogP contribution < -0.4 is 14.2 Å². The van der Waals surface area contributed by atoms with Gasteiger partial charge in [-0.25, -0.2) is 4.79 Å². The van der Waals surface area contributed by atoms with Gasteiger partial charge in [-0.15, -0.1) is 11.3 Å². The highest BCUT2D eigenvalue weighted by molar-refractivity contribution is 7.17. The van der Waals surface area contributed by atoms with Gasteiger partial charge in [-0.2, -0.15) is 0 Å². The molecule has 218 valence electrons. The highest BCUT2D eigenvalue weighted by Gasteiger charge is 2.13. The number of hydrogen-bond acceptors (Lipinski definition) is 5. The van der Waals surface area contributed by atoms with Gasteiger partial charge in [0.15, 0.2) is 0 Å². The number of rotatable bonds is 21. The Bertz CT molecular complexity index is 1070. The molecule has 1 heterocycles. The summed E-state index contributed by atoms with van der Waals surface area (Å²) < 4.78 is 17.3. The third-order valence-electron chi connectivity index (χ3n) is 7.01. The monoisotopic (exact) mass is 564 g/mol. The second-order valence-electron chi connectivity index (χ2n) is 10.5. The average molecular weight is 565 g/mol. The molecule has 0 radical (unpaired) electrons. The van der Waals surface area contributed by atoms with E-state index >= 15 is 0 Å². The lowest BCUT2D eigenvalue weighted by molar-refractivity contribution is 0.0739. The van der Waals surface area contributed by atoms with E-state index in [1.165, 1.54) is 88.4 Å². The van der Waals surface area contributed by atoms with Crippen molar-refractivity contribution >= 4 is 17.3 Å². The Kier molecular flexibility index (Phi) is 15.3. The third kappa shape index (κ3) is 12.2. The molecule has 0 aliphatic carbocycles. The Morgan fingerprint density at radius 3 is 1.55 bits per heavy atom. The lowest BCUT2D eigenvalue weighted by atomic mass is 10.1. The van der Waals surface area contributed by atoms with E-state index in [-0.39, 0.29) is 5.97 Å². The van der Waals surface area contributed by atoms with Crippen molar-refractivity contribution in [3.8, 4) is 27.7 Å². The molecular weight excluding hydrogens is 516 g/mol. The zero-order chi connectivity index (χ0) is 28.3. The molecule has 0 saturated heterocycles. The molecule has 3 aromatic rings. The summed E-state index contributed by atoms with van der Waals surface area (Å²) in [5.41, 5.74) is 1.07. The van der Waals surface area contributed by atoms with E-state index in [4.69, 9.17) is 14.2 Å². The van der Waals surface area contributed by atoms with Gasteiger partial charge in [0, 0.05) is 4.88 Å². The first-order valence-corrected chi connectivity index (χ1v) is 16.3. The van der Waals surface area contributed by atoms with E-state index in [1.807, 2.05) is 36.4 Å². The zero-order valence-electron chi connectivity index (χ0n) is 24.6. The van der Waals surface area contributed by atoms with Crippen molar-refractivity contribution in [1.29, 1.82) is 0 Å². The summed E-state index contributed by atoms with van der Waals surface area (Å²) in [4.78, 5) is 14.3. The minimum Gasteiger partial charge on any atom is -0.494 e. The molecule has 0 unspecified atom stereocenters. The van der Waals surface area contributed by atoms with Gasteiger partial charge in [-0.1, -0.05) is 90.9 Å². The van der Waals surface area contributed by atoms with Crippen LogP contribution >= 0.6 is 11.3 Å². The SMILES string of the molecule is CCCCCCCCCCCCOc1ccc(-c2ccc(C(=O)Oc3ccc(OCCCCCC)cc3)s2)cc1. The van der Waals surface area contributed by atoms with E-state index in [0.29, 0.717) is 17.2 Å². The summed E-state index contributed by atoms with van der Waals surface area (Å²) >= 11 is 1.44. The molecule has 0 spiro atoms. The Hall–Kier alpha value is -2.79. The van der Waals surface area contributed by atoms with Crippen LogP contribution in [0.1, 0.15) is 113 Å². The van der Waals surface area contributed by atoms with Crippen molar-refractivity contribution in [2.75, 3.05) is 13.2 Å². The van der Waals surface area contributed by atoms with Crippen LogP contribution in [-0.2, 0) is 0 Å². The fourth-order valence-corrected chi connectivity index (χ4v) is 5.47. The van der Waals surface area contributed by atoms with Gasteiger partial charge in [-0.05, 0) is 79.1 Å². The van der Waals surface area contributed by atoms with E-state index in [2.05, 4.69) is 26.0 Å². The van der Waals surface area contributed by atoms with Crippen LogP contribution in [0.5, 0.6) is 17.2 Å². The summed E-state index contributed by atoms with van der Waals surface area (Å²) in [6.45, 7) is 5.94. The minimum absolute atomic E-state index is 0.346. The Morgan fingerprint density at radius 2 is 1.00 bits per heavy atom. The number of benzene rings is 2. The lowest BCUT2D eigenvalue weighted by Gasteiger charge is -2.07. The predicted molar refractivity (Wildman–Crippen MR) is 168 cm³/mol. The Balaban J connectivity index is 1.34. The number of thiophene rings is 1. The van der Waals surface area contributed by atoms with Gasteiger partial charge in [-0.3, -0.25) is 0 Å². The van der Waals surface area contributed by atoms with Gasteiger partial charge in [0.1, 0.15) is 22.1 Å². The Morgan fingerprint density at radius 1 is 0.550 bits per heavy atom. The predicted octanol–water partition coefficient (Wildman–Crippen LogP) is 10.9. The highest BCUT2D eigenvalue weighted by Crippen LogP contribution is 2.30. The van der Waals surface area contributed by atoms with Crippen molar-refractivity contribution in [2.45, 2.75) is 104 Å². The topological polar surface area (TPSA) is 44.8 Å². The maximum atomic E-state index is 12.7. The summed E-state index contributed by atoms with van der Waals surface area (Å²) in [5.74, 6) is 1.86. The molecule has 0 saturated carbocycles. The molecule has 3 rings (SSSR count). The average Bonchev–Trinajstić information content (AvgIpc) is 3.48. The minimum atomic E-state index is -0.346. The number of ether oxygens (including phenoxy) is 3. The molecule has 0 aliphatic rings. The van der Waals surface area contributed by atoms with E-state index in [0.717, 1.165) is 41.4 Å². The zero-order valence-corrected chi connectivity index (χ0v) is 25.4. The lowest BCUT2D eigenvalue weighted by Crippen LogP contribution is -2.06. The van der Waals surface area contributed by atoms with Crippen LogP contribution in [0.15, 0.2) is 60.7 Å². The van der Waals surface area contributed by atoms with Gasteiger partial charge in [0.2, 0.25) is 0 Å². The number of hydrogen-bond donors (Lipinski definition) is 0. The molecule has 0 amide bonds. The Labute approximate surface area is 246 Å². The van der Waals surface area contributed by atoms with Gasteiger partial charge in [0.25, 0.3) is 0 Å². The van der Waals surface area contributed by atoms with Crippen molar-refractivity contribution in [1.82, 2.24) is 0 Å². The van der Waals surface area contributed by atoms with Crippen LogP contribution in [0.2, 0.25) is 0 Å². The normalized spacial score (nSPS) is 10.9. The molecule has 0 atom stereocenters. The van der Waals surface area contributed by atoms with Crippen molar-refractivity contribution in [3.63, 3.8) is 0 Å². The summed E-state index contributed by atoms with van der Waals surface area (Å²) in [7, 11) is 0. The van der Waals surface area contributed by atoms with Crippen LogP contribution in [0.3, 0.4) is 0 Å². The molecule has 40 heavy (non-hydrogen) atoms. The van der Waals surface area contributed by atoms with Crippen molar-refractivity contribution in [2.24, 2.45) is 0 Å². The smallest absolute Gasteiger partial charge is 0.353 e. The standard InChI is InChI=1S/C35H48O4S/c1-3-5-7-9-10-11-12-13-14-16-28-37-30-19-17-29(18-20-30)33-25-26-34(40-33)35(36)39-32-23-21-31(22-24-32)38-27-15-8-6-4-2/h17-26H,3-16,27-28H2,1-2H3.